The van der Waals surface area contributed by atoms with Crippen LogP contribution >= 0.6 is 0 Å². The Hall–Kier alpha value is -0.560. The van der Waals surface area contributed by atoms with Crippen molar-refractivity contribution < 1.29 is 5.11 Å². The fourth-order valence-electron chi connectivity index (χ4n) is 5.32. The van der Waals surface area contributed by atoms with Crippen molar-refractivity contribution in [2.24, 2.45) is 22.7 Å². The number of allylic oxidation sites excluding steroid dienone is 3. The molecule has 0 aromatic carbocycles. The molecule has 0 radical (unpaired) electrons. The highest BCUT2D eigenvalue weighted by molar-refractivity contribution is 5.18. The first-order chi connectivity index (χ1) is 9.81. The maximum Gasteiger partial charge on any atom is 0.0614 e. The molecule has 0 spiro atoms. The minimum atomic E-state index is 0.179. The van der Waals surface area contributed by atoms with E-state index in [2.05, 4.69) is 40.7 Å². The third kappa shape index (κ3) is 3.28. The Bertz CT molecular complexity index is 429. The van der Waals surface area contributed by atoms with Crippen LogP contribution < -0.4 is 0 Å². The Morgan fingerprint density at radius 1 is 1.33 bits per heavy atom. The van der Waals surface area contributed by atoms with Gasteiger partial charge in [0, 0.05) is 0 Å². The largest absolute Gasteiger partial charge is 0.392 e. The zero-order chi connectivity index (χ0) is 15.7. The van der Waals surface area contributed by atoms with Gasteiger partial charge in [-0.15, -0.1) is 0 Å². The number of hydrogen-bond donors (Lipinski definition) is 1. The highest BCUT2D eigenvalue weighted by atomic mass is 16.2. The van der Waals surface area contributed by atoms with E-state index in [0.717, 1.165) is 18.3 Å². The van der Waals surface area contributed by atoms with E-state index < -0.39 is 0 Å². The van der Waals surface area contributed by atoms with E-state index in [4.69, 9.17) is 5.11 Å². The van der Waals surface area contributed by atoms with Crippen LogP contribution in [-0.4, -0.2) is 11.7 Å². The van der Waals surface area contributed by atoms with Crippen molar-refractivity contribution in [3.63, 3.8) is 0 Å². The van der Waals surface area contributed by atoms with Crippen molar-refractivity contribution in [3.8, 4) is 0 Å². The number of aliphatic hydroxyl groups excluding tert-OH is 1. The molecule has 0 aromatic rings. The van der Waals surface area contributed by atoms with Crippen molar-refractivity contribution in [2.45, 2.75) is 73.1 Å². The summed E-state index contributed by atoms with van der Waals surface area (Å²) >= 11 is 0. The highest BCUT2D eigenvalue weighted by Gasteiger charge is 2.51. The Balaban J connectivity index is 2.20. The third-order valence-corrected chi connectivity index (χ3v) is 6.56. The Morgan fingerprint density at radius 2 is 2.05 bits per heavy atom. The summed E-state index contributed by atoms with van der Waals surface area (Å²) < 4.78 is 0. The fraction of sp³-hybridized carbons (Fsp3) is 0.800. The Labute approximate surface area is 131 Å². The first-order valence-corrected chi connectivity index (χ1v) is 8.74. The first-order valence-electron chi connectivity index (χ1n) is 8.74. The molecule has 21 heavy (non-hydrogen) atoms. The van der Waals surface area contributed by atoms with E-state index in [-0.39, 0.29) is 6.61 Å². The highest BCUT2D eigenvalue weighted by Crippen LogP contribution is 2.60. The summed E-state index contributed by atoms with van der Waals surface area (Å²) in [7, 11) is 0. The minimum Gasteiger partial charge on any atom is -0.392 e. The van der Waals surface area contributed by atoms with Gasteiger partial charge in [-0.3, -0.25) is 0 Å². The topological polar surface area (TPSA) is 20.2 Å². The number of hydrogen-bond acceptors (Lipinski definition) is 1. The molecule has 3 atom stereocenters. The molecule has 0 amide bonds. The van der Waals surface area contributed by atoms with Crippen molar-refractivity contribution in [2.75, 3.05) is 6.61 Å². The molecule has 1 heteroatoms. The third-order valence-electron chi connectivity index (χ3n) is 6.56. The normalized spacial score (nSPS) is 36.1. The van der Waals surface area contributed by atoms with Crippen LogP contribution in [0.4, 0.5) is 0 Å². The molecule has 1 nitrogen and oxygen atoms in total. The molecule has 1 fully saturated rings. The lowest BCUT2D eigenvalue weighted by molar-refractivity contribution is -0.0390. The number of rotatable bonds is 4. The summed E-state index contributed by atoms with van der Waals surface area (Å²) in [5.74, 6) is 1.55. The molecule has 0 saturated heterocycles. The van der Waals surface area contributed by atoms with Crippen LogP contribution in [0.2, 0.25) is 0 Å². The van der Waals surface area contributed by atoms with E-state index in [9.17, 15) is 0 Å². The van der Waals surface area contributed by atoms with E-state index >= 15 is 0 Å². The van der Waals surface area contributed by atoms with Crippen LogP contribution in [-0.2, 0) is 0 Å². The van der Waals surface area contributed by atoms with Gasteiger partial charge >= 0.3 is 0 Å². The van der Waals surface area contributed by atoms with Gasteiger partial charge in [-0.2, -0.15) is 0 Å². The second-order valence-electron chi connectivity index (χ2n) is 8.41. The number of fused-ring (bicyclic) bond motifs is 1. The van der Waals surface area contributed by atoms with Gasteiger partial charge in [-0.25, -0.2) is 0 Å². The molecule has 2 aliphatic carbocycles. The predicted molar refractivity (Wildman–Crippen MR) is 91.2 cm³/mol. The van der Waals surface area contributed by atoms with Crippen LogP contribution in [0.3, 0.4) is 0 Å². The summed E-state index contributed by atoms with van der Waals surface area (Å²) in [5, 5.41) is 9.04. The quantitative estimate of drug-likeness (QED) is 0.677. The van der Waals surface area contributed by atoms with Crippen molar-refractivity contribution in [1.82, 2.24) is 0 Å². The molecular weight excluding hydrogens is 256 g/mol. The molecule has 0 aliphatic heterocycles. The monoisotopic (exact) mass is 290 g/mol. The van der Waals surface area contributed by atoms with Gasteiger partial charge in [0.05, 0.1) is 6.61 Å². The van der Waals surface area contributed by atoms with Crippen molar-refractivity contribution in [3.05, 3.63) is 23.3 Å². The van der Waals surface area contributed by atoms with Gasteiger partial charge in [-0.05, 0) is 68.6 Å². The standard InChI is InChI=1S/C20H34O/c1-15(11-14-21)7-9-17-16(2)8-10-18-19(3,4)12-6-13-20(17,18)5/h8,11,17-18,21H,6-7,9-10,12-14H2,1-5H3/b15-11-/t17-,18-,20+/m0/s1. The molecule has 2 rings (SSSR count). The van der Waals surface area contributed by atoms with Gasteiger partial charge in [0.15, 0.2) is 0 Å². The Morgan fingerprint density at radius 3 is 2.71 bits per heavy atom. The van der Waals surface area contributed by atoms with Crippen molar-refractivity contribution >= 4 is 0 Å². The van der Waals surface area contributed by atoms with E-state index in [1.165, 1.54) is 37.7 Å². The van der Waals surface area contributed by atoms with E-state index in [1.54, 1.807) is 5.57 Å². The van der Waals surface area contributed by atoms with Gasteiger partial charge in [-0.1, -0.05) is 50.5 Å². The molecule has 120 valence electrons. The molecule has 0 bridgehead atoms. The Kier molecular flexibility index (Phi) is 5.03. The lowest BCUT2D eigenvalue weighted by Gasteiger charge is -2.57. The molecule has 2 aliphatic rings. The SMILES string of the molecule is CC1=CC[C@H]2C(C)(C)CCC[C@]2(C)[C@H]1CC/C(C)=C\CO. The van der Waals surface area contributed by atoms with Gasteiger partial charge in [0.1, 0.15) is 0 Å². The summed E-state index contributed by atoms with van der Waals surface area (Å²) in [6, 6.07) is 0. The van der Waals surface area contributed by atoms with E-state index in [1.807, 2.05) is 6.08 Å². The minimum absolute atomic E-state index is 0.179. The van der Waals surface area contributed by atoms with Crippen LogP contribution in [0.5, 0.6) is 0 Å². The van der Waals surface area contributed by atoms with Crippen LogP contribution in [0.1, 0.15) is 73.1 Å². The molecular formula is C20H34O. The lowest BCUT2D eigenvalue weighted by Crippen LogP contribution is -2.48. The smallest absolute Gasteiger partial charge is 0.0614 e. The molecule has 1 N–H and O–H groups in total. The second kappa shape index (κ2) is 6.28. The molecule has 0 unspecified atom stereocenters. The molecule has 0 aromatic heterocycles. The second-order valence-corrected chi connectivity index (χ2v) is 8.41. The number of aliphatic hydroxyl groups is 1. The maximum absolute atomic E-state index is 9.04. The molecule has 1 saturated carbocycles. The predicted octanol–water partition coefficient (Wildman–Crippen LogP) is 5.50. The average Bonchev–Trinajstić information content (AvgIpc) is 2.37. The fourth-order valence-corrected chi connectivity index (χ4v) is 5.32. The van der Waals surface area contributed by atoms with Crippen LogP contribution in [0.15, 0.2) is 23.3 Å². The summed E-state index contributed by atoms with van der Waals surface area (Å²) in [5.41, 5.74) is 3.91. The average molecular weight is 290 g/mol. The summed E-state index contributed by atoms with van der Waals surface area (Å²) in [6.45, 7) is 12.2. The zero-order valence-electron chi connectivity index (χ0n) is 14.7. The van der Waals surface area contributed by atoms with Crippen LogP contribution in [0.25, 0.3) is 0 Å². The maximum atomic E-state index is 9.04. The first kappa shape index (κ1) is 16.8. The van der Waals surface area contributed by atoms with Gasteiger partial charge in [0.25, 0.3) is 0 Å². The van der Waals surface area contributed by atoms with Gasteiger partial charge < -0.3 is 5.11 Å². The zero-order valence-corrected chi connectivity index (χ0v) is 14.7. The lowest BCUT2D eigenvalue weighted by atomic mass is 9.48. The summed E-state index contributed by atoms with van der Waals surface area (Å²) in [6.07, 6.45) is 12.3. The van der Waals surface area contributed by atoms with Gasteiger partial charge in [0.2, 0.25) is 0 Å². The molecule has 0 heterocycles. The van der Waals surface area contributed by atoms with E-state index in [0.29, 0.717) is 10.8 Å². The van der Waals surface area contributed by atoms with Crippen LogP contribution in [0, 0.1) is 22.7 Å². The summed E-state index contributed by atoms with van der Waals surface area (Å²) in [4.78, 5) is 0. The van der Waals surface area contributed by atoms with Crippen molar-refractivity contribution in [1.29, 1.82) is 0 Å².